The van der Waals surface area contributed by atoms with E-state index in [9.17, 15) is 4.79 Å². The lowest BCUT2D eigenvalue weighted by molar-refractivity contribution is -0.114. The van der Waals surface area contributed by atoms with Crippen LogP contribution in [0.5, 0.6) is 0 Å². The van der Waals surface area contributed by atoms with Crippen molar-refractivity contribution in [3.8, 4) is 0 Å². The van der Waals surface area contributed by atoms with Crippen LogP contribution in [-0.4, -0.2) is 11.9 Å². The third kappa shape index (κ3) is 4.48. The summed E-state index contributed by atoms with van der Waals surface area (Å²) >= 11 is 0. The van der Waals surface area contributed by atoms with Crippen molar-refractivity contribution in [1.82, 2.24) is 0 Å². The van der Waals surface area contributed by atoms with E-state index in [0.717, 1.165) is 17.3 Å². The summed E-state index contributed by atoms with van der Waals surface area (Å²) in [4.78, 5) is 11.3. The van der Waals surface area contributed by atoms with E-state index in [1.54, 1.807) is 6.92 Å². The van der Waals surface area contributed by atoms with Gasteiger partial charge in [0, 0.05) is 13.0 Å². The van der Waals surface area contributed by atoms with Crippen molar-refractivity contribution in [1.29, 1.82) is 0 Å². The van der Waals surface area contributed by atoms with Crippen LogP contribution in [0, 0.1) is 11.3 Å². The third-order valence-corrected chi connectivity index (χ3v) is 4.55. The number of anilines is 2. The van der Waals surface area contributed by atoms with Gasteiger partial charge >= 0.3 is 0 Å². The number of hydrogen-bond acceptors (Lipinski definition) is 2. The molecule has 0 aliphatic heterocycles. The lowest BCUT2D eigenvalue weighted by Crippen LogP contribution is -2.31. The standard InChI is InChI=1S/C18H28N2O/c1-13(21)19-16-7-5-6-8-17(16)20-15-11-9-14(10-12-15)18(2,3)4/h5-8,14-15,20H,9-12H2,1-4H3,(H,19,21). The summed E-state index contributed by atoms with van der Waals surface area (Å²) in [7, 11) is 0. The molecule has 1 saturated carbocycles. The second-order valence-corrected chi connectivity index (χ2v) is 7.29. The van der Waals surface area contributed by atoms with Gasteiger partial charge in [-0.1, -0.05) is 32.9 Å². The molecule has 3 nitrogen and oxygen atoms in total. The summed E-state index contributed by atoms with van der Waals surface area (Å²) in [6.45, 7) is 8.58. The average molecular weight is 288 g/mol. The van der Waals surface area contributed by atoms with Gasteiger partial charge in [0.2, 0.25) is 5.91 Å². The molecular formula is C18H28N2O. The number of rotatable bonds is 3. The average Bonchev–Trinajstić information content (AvgIpc) is 2.40. The number of nitrogens with one attached hydrogen (secondary N) is 2. The van der Waals surface area contributed by atoms with Crippen molar-refractivity contribution in [3.05, 3.63) is 24.3 Å². The highest BCUT2D eigenvalue weighted by Gasteiger charge is 2.29. The van der Waals surface area contributed by atoms with Gasteiger partial charge in [0.05, 0.1) is 11.4 Å². The molecule has 1 amide bonds. The zero-order chi connectivity index (χ0) is 15.5. The molecule has 2 N–H and O–H groups in total. The van der Waals surface area contributed by atoms with Crippen LogP contribution in [0.15, 0.2) is 24.3 Å². The van der Waals surface area contributed by atoms with E-state index in [1.807, 2.05) is 24.3 Å². The topological polar surface area (TPSA) is 41.1 Å². The second-order valence-electron chi connectivity index (χ2n) is 7.29. The van der Waals surface area contributed by atoms with Gasteiger partial charge in [-0.2, -0.15) is 0 Å². The lowest BCUT2D eigenvalue weighted by Gasteiger charge is -2.37. The quantitative estimate of drug-likeness (QED) is 0.849. The van der Waals surface area contributed by atoms with Gasteiger partial charge in [0.1, 0.15) is 0 Å². The minimum absolute atomic E-state index is 0.0271. The predicted molar refractivity (Wildman–Crippen MR) is 89.6 cm³/mol. The van der Waals surface area contributed by atoms with E-state index < -0.39 is 0 Å². The molecule has 0 bridgehead atoms. The van der Waals surface area contributed by atoms with Crippen LogP contribution in [0.1, 0.15) is 53.4 Å². The van der Waals surface area contributed by atoms with Crippen LogP contribution >= 0.6 is 0 Å². The van der Waals surface area contributed by atoms with Gasteiger partial charge in [0.25, 0.3) is 0 Å². The molecular weight excluding hydrogens is 260 g/mol. The van der Waals surface area contributed by atoms with Crippen LogP contribution < -0.4 is 10.6 Å². The monoisotopic (exact) mass is 288 g/mol. The zero-order valence-electron chi connectivity index (χ0n) is 13.7. The molecule has 0 saturated heterocycles. The number of benzene rings is 1. The maximum Gasteiger partial charge on any atom is 0.221 e. The highest BCUT2D eigenvalue weighted by atomic mass is 16.1. The number of carbonyl (C=O) groups excluding carboxylic acids is 1. The molecule has 0 spiro atoms. The fourth-order valence-electron chi connectivity index (χ4n) is 3.23. The maximum atomic E-state index is 11.3. The Balaban J connectivity index is 1.96. The molecule has 2 rings (SSSR count). The van der Waals surface area contributed by atoms with E-state index in [2.05, 4.69) is 31.4 Å². The third-order valence-electron chi connectivity index (χ3n) is 4.55. The minimum atomic E-state index is -0.0271. The molecule has 1 aromatic rings. The molecule has 0 aromatic heterocycles. The van der Waals surface area contributed by atoms with Crippen molar-refractivity contribution in [2.45, 2.75) is 59.4 Å². The summed E-state index contributed by atoms with van der Waals surface area (Å²) in [6, 6.07) is 8.46. The van der Waals surface area contributed by atoms with Crippen molar-refractivity contribution < 1.29 is 4.79 Å². The summed E-state index contributed by atoms with van der Waals surface area (Å²) < 4.78 is 0. The Labute approximate surface area is 128 Å². The lowest BCUT2D eigenvalue weighted by atomic mass is 9.71. The Bertz CT molecular complexity index is 482. The van der Waals surface area contributed by atoms with Gasteiger partial charge in [-0.15, -0.1) is 0 Å². The number of hydrogen-bond donors (Lipinski definition) is 2. The van der Waals surface area contributed by atoms with Crippen LogP contribution in [0.2, 0.25) is 0 Å². The van der Waals surface area contributed by atoms with Gasteiger partial charge in [-0.3, -0.25) is 4.79 Å². The maximum absolute atomic E-state index is 11.3. The highest BCUT2D eigenvalue weighted by molar-refractivity contribution is 5.92. The first-order chi connectivity index (χ1) is 9.86. The van der Waals surface area contributed by atoms with Crippen molar-refractivity contribution >= 4 is 17.3 Å². The molecule has 0 atom stereocenters. The van der Waals surface area contributed by atoms with Crippen LogP contribution in [-0.2, 0) is 4.79 Å². The molecule has 1 aromatic carbocycles. The van der Waals surface area contributed by atoms with Crippen molar-refractivity contribution in [2.24, 2.45) is 11.3 Å². The van der Waals surface area contributed by atoms with Crippen LogP contribution in [0.25, 0.3) is 0 Å². The molecule has 3 heteroatoms. The smallest absolute Gasteiger partial charge is 0.221 e. The van der Waals surface area contributed by atoms with Crippen molar-refractivity contribution in [2.75, 3.05) is 10.6 Å². The van der Waals surface area contributed by atoms with Gasteiger partial charge < -0.3 is 10.6 Å². The molecule has 0 unspecified atom stereocenters. The van der Waals surface area contributed by atoms with Gasteiger partial charge in [-0.05, 0) is 49.1 Å². The molecule has 116 valence electrons. The number of amides is 1. The largest absolute Gasteiger partial charge is 0.381 e. The summed E-state index contributed by atoms with van der Waals surface area (Å²) in [6.07, 6.45) is 4.97. The van der Waals surface area contributed by atoms with Gasteiger partial charge in [-0.25, -0.2) is 0 Å². The minimum Gasteiger partial charge on any atom is -0.381 e. The number of para-hydroxylation sites is 2. The van der Waals surface area contributed by atoms with E-state index in [-0.39, 0.29) is 5.91 Å². The second kappa shape index (κ2) is 6.50. The van der Waals surface area contributed by atoms with E-state index in [1.165, 1.54) is 25.7 Å². The fourth-order valence-corrected chi connectivity index (χ4v) is 3.23. The fraction of sp³-hybridized carbons (Fsp3) is 0.611. The molecule has 1 aliphatic rings. The summed E-state index contributed by atoms with van der Waals surface area (Å²) in [5, 5.41) is 6.51. The Hall–Kier alpha value is -1.51. The first-order valence-electron chi connectivity index (χ1n) is 7.99. The molecule has 21 heavy (non-hydrogen) atoms. The van der Waals surface area contributed by atoms with E-state index in [0.29, 0.717) is 11.5 Å². The van der Waals surface area contributed by atoms with E-state index in [4.69, 9.17) is 0 Å². The Morgan fingerprint density at radius 2 is 1.62 bits per heavy atom. The predicted octanol–water partition coefficient (Wildman–Crippen LogP) is 4.66. The Kier molecular flexibility index (Phi) is 4.92. The Morgan fingerprint density at radius 3 is 2.14 bits per heavy atom. The molecule has 0 radical (unpaired) electrons. The summed E-state index contributed by atoms with van der Waals surface area (Å²) in [5.74, 6) is 0.793. The van der Waals surface area contributed by atoms with Crippen LogP contribution in [0.4, 0.5) is 11.4 Å². The van der Waals surface area contributed by atoms with Gasteiger partial charge in [0.15, 0.2) is 0 Å². The normalized spacial score (nSPS) is 22.7. The first-order valence-corrected chi connectivity index (χ1v) is 7.99. The molecule has 1 aliphatic carbocycles. The van der Waals surface area contributed by atoms with E-state index >= 15 is 0 Å². The number of carbonyl (C=O) groups is 1. The first kappa shape index (κ1) is 15.9. The molecule has 1 fully saturated rings. The Morgan fingerprint density at radius 1 is 1.05 bits per heavy atom. The highest BCUT2D eigenvalue weighted by Crippen LogP contribution is 2.38. The zero-order valence-corrected chi connectivity index (χ0v) is 13.7. The van der Waals surface area contributed by atoms with Crippen molar-refractivity contribution in [3.63, 3.8) is 0 Å². The summed E-state index contributed by atoms with van der Waals surface area (Å²) in [5.41, 5.74) is 2.33. The van der Waals surface area contributed by atoms with Crippen LogP contribution in [0.3, 0.4) is 0 Å². The SMILES string of the molecule is CC(=O)Nc1ccccc1NC1CCC(C(C)(C)C)CC1. The molecule has 0 heterocycles.